The molecule has 1 unspecified atom stereocenters. The van der Waals surface area contributed by atoms with Gasteiger partial charge in [-0.25, -0.2) is 4.98 Å². The second-order valence-electron chi connectivity index (χ2n) is 7.41. The molecule has 3 aromatic rings. The first-order valence-electron chi connectivity index (χ1n) is 9.63. The molecule has 0 aliphatic carbocycles. The summed E-state index contributed by atoms with van der Waals surface area (Å²) in [6.45, 7) is 2.88. The van der Waals surface area contributed by atoms with Crippen LogP contribution in [0.2, 0.25) is 0 Å². The molecule has 2 aliphatic heterocycles. The molecule has 2 N–H and O–H groups in total. The van der Waals surface area contributed by atoms with Crippen LogP contribution in [-0.2, 0) is 4.74 Å². The SMILES string of the molecule is c1cc(C2CCOCC2)c(C2CCCN2)cc1-c1cnc2[nH]ncc2c1. The van der Waals surface area contributed by atoms with Gasteiger partial charge in [-0.05, 0) is 67.0 Å². The van der Waals surface area contributed by atoms with Gasteiger partial charge in [-0.15, -0.1) is 0 Å². The van der Waals surface area contributed by atoms with Crippen molar-refractivity contribution < 1.29 is 4.74 Å². The number of H-pyrrole nitrogens is 1. The van der Waals surface area contributed by atoms with Gasteiger partial charge in [0.15, 0.2) is 5.65 Å². The highest BCUT2D eigenvalue weighted by Gasteiger charge is 2.25. The van der Waals surface area contributed by atoms with Gasteiger partial charge in [0.1, 0.15) is 0 Å². The molecule has 0 saturated carbocycles. The molecule has 4 heterocycles. The van der Waals surface area contributed by atoms with Crippen LogP contribution in [0.15, 0.2) is 36.7 Å². The van der Waals surface area contributed by atoms with E-state index in [-0.39, 0.29) is 0 Å². The second kappa shape index (κ2) is 6.82. The summed E-state index contributed by atoms with van der Waals surface area (Å²) in [6.07, 6.45) is 8.50. The van der Waals surface area contributed by atoms with Gasteiger partial charge in [0.2, 0.25) is 0 Å². The van der Waals surface area contributed by atoms with Crippen molar-refractivity contribution in [2.24, 2.45) is 0 Å². The maximum Gasteiger partial charge on any atom is 0.155 e. The molecule has 5 heteroatoms. The number of nitrogens with one attached hydrogen (secondary N) is 2. The van der Waals surface area contributed by atoms with E-state index in [9.17, 15) is 0 Å². The average molecular weight is 348 g/mol. The molecular weight excluding hydrogens is 324 g/mol. The van der Waals surface area contributed by atoms with Gasteiger partial charge >= 0.3 is 0 Å². The van der Waals surface area contributed by atoms with Gasteiger partial charge < -0.3 is 10.1 Å². The maximum absolute atomic E-state index is 5.58. The minimum Gasteiger partial charge on any atom is -0.381 e. The van der Waals surface area contributed by atoms with Crippen LogP contribution in [0.5, 0.6) is 0 Å². The molecule has 134 valence electrons. The third-order valence-corrected chi connectivity index (χ3v) is 5.81. The van der Waals surface area contributed by atoms with Crippen molar-refractivity contribution in [2.75, 3.05) is 19.8 Å². The number of rotatable bonds is 3. The summed E-state index contributed by atoms with van der Waals surface area (Å²) in [5.74, 6) is 0.615. The van der Waals surface area contributed by atoms with Crippen LogP contribution in [-0.4, -0.2) is 34.9 Å². The number of pyridine rings is 1. The topological polar surface area (TPSA) is 62.8 Å². The van der Waals surface area contributed by atoms with Crippen molar-refractivity contribution in [1.82, 2.24) is 20.5 Å². The molecule has 2 aromatic heterocycles. The Morgan fingerprint density at radius 1 is 0.962 bits per heavy atom. The Morgan fingerprint density at radius 3 is 2.73 bits per heavy atom. The van der Waals surface area contributed by atoms with E-state index in [1.165, 1.54) is 29.5 Å². The van der Waals surface area contributed by atoms with Crippen molar-refractivity contribution >= 4 is 11.0 Å². The molecule has 2 saturated heterocycles. The van der Waals surface area contributed by atoms with Crippen LogP contribution in [0.4, 0.5) is 0 Å². The highest BCUT2D eigenvalue weighted by molar-refractivity contribution is 5.80. The van der Waals surface area contributed by atoms with Crippen molar-refractivity contribution in [2.45, 2.75) is 37.6 Å². The number of aromatic nitrogens is 3. The van der Waals surface area contributed by atoms with Gasteiger partial charge in [0.25, 0.3) is 0 Å². The van der Waals surface area contributed by atoms with E-state index in [1.54, 1.807) is 0 Å². The fraction of sp³-hybridized carbons (Fsp3) is 0.429. The number of benzene rings is 1. The zero-order valence-electron chi connectivity index (χ0n) is 14.9. The number of ether oxygens (including phenoxy) is 1. The first-order chi connectivity index (χ1) is 12.9. The van der Waals surface area contributed by atoms with E-state index in [1.807, 2.05) is 12.4 Å². The third kappa shape index (κ3) is 2.91. The van der Waals surface area contributed by atoms with Crippen LogP contribution in [0.25, 0.3) is 22.2 Å². The third-order valence-electron chi connectivity index (χ3n) is 5.81. The van der Waals surface area contributed by atoms with Crippen molar-refractivity contribution in [1.29, 1.82) is 0 Å². The van der Waals surface area contributed by atoms with E-state index in [0.29, 0.717) is 12.0 Å². The highest BCUT2D eigenvalue weighted by Crippen LogP contribution is 2.37. The van der Waals surface area contributed by atoms with Gasteiger partial charge in [0, 0.05) is 36.4 Å². The predicted molar refractivity (Wildman–Crippen MR) is 102 cm³/mol. The molecular formula is C21H24N4O. The molecule has 5 rings (SSSR count). The highest BCUT2D eigenvalue weighted by atomic mass is 16.5. The molecule has 2 fully saturated rings. The number of fused-ring (bicyclic) bond motifs is 1. The number of hydrogen-bond donors (Lipinski definition) is 2. The standard InChI is InChI=1S/C21H24N4O/c1-2-20(22-7-1)19-11-15(3-4-18(19)14-5-8-26-9-6-14)16-10-17-13-24-25-21(17)23-12-16/h3-4,10-14,20,22H,1-2,5-9H2,(H,23,24,25). The first kappa shape index (κ1) is 16.0. The molecule has 2 aliphatic rings. The van der Waals surface area contributed by atoms with E-state index in [2.05, 4.69) is 44.8 Å². The quantitative estimate of drug-likeness (QED) is 0.752. The van der Waals surface area contributed by atoms with E-state index < -0.39 is 0 Å². The zero-order valence-corrected chi connectivity index (χ0v) is 14.9. The lowest BCUT2D eigenvalue weighted by Gasteiger charge is -2.27. The first-order valence-corrected chi connectivity index (χ1v) is 9.63. The van der Waals surface area contributed by atoms with Crippen molar-refractivity contribution in [3.05, 3.63) is 47.8 Å². The summed E-state index contributed by atoms with van der Waals surface area (Å²) in [6, 6.07) is 9.63. The lowest BCUT2D eigenvalue weighted by atomic mass is 9.84. The number of nitrogens with zero attached hydrogens (tertiary/aromatic N) is 2. The largest absolute Gasteiger partial charge is 0.381 e. The van der Waals surface area contributed by atoms with Crippen molar-refractivity contribution in [3.8, 4) is 11.1 Å². The van der Waals surface area contributed by atoms with Crippen LogP contribution >= 0.6 is 0 Å². The van der Waals surface area contributed by atoms with E-state index >= 15 is 0 Å². The van der Waals surface area contributed by atoms with Gasteiger partial charge in [-0.2, -0.15) is 5.10 Å². The lowest BCUT2D eigenvalue weighted by molar-refractivity contribution is 0.0851. The predicted octanol–water partition coefficient (Wildman–Crippen LogP) is 3.94. The summed E-state index contributed by atoms with van der Waals surface area (Å²) in [7, 11) is 0. The Hall–Kier alpha value is -2.24. The Labute approximate surface area is 153 Å². The van der Waals surface area contributed by atoms with Gasteiger partial charge in [0.05, 0.1) is 6.20 Å². The minimum absolute atomic E-state index is 0.471. The smallest absolute Gasteiger partial charge is 0.155 e. The Kier molecular flexibility index (Phi) is 4.19. The molecule has 0 radical (unpaired) electrons. The Bertz CT molecular complexity index is 907. The molecule has 26 heavy (non-hydrogen) atoms. The molecule has 1 atom stereocenters. The van der Waals surface area contributed by atoms with Crippen LogP contribution in [0.3, 0.4) is 0 Å². The summed E-state index contributed by atoms with van der Waals surface area (Å²) in [5, 5.41) is 11.8. The normalized spacial score (nSPS) is 21.5. The fourth-order valence-corrected chi connectivity index (χ4v) is 4.38. The van der Waals surface area contributed by atoms with Gasteiger partial charge in [-0.3, -0.25) is 5.10 Å². The van der Waals surface area contributed by atoms with E-state index in [0.717, 1.165) is 49.2 Å². The summed E-state index contributed by atoms with van der Waals surface area (Å²) in [4.78, 5) is 4.51. The average Bonchev–Trinajstić information content (AvgIpc) is 3.39. The summed E-state index contributed by atoms with van der Waals surface area (Å²) in [5.41, 5.74) is 6.20. The van der Waals surface area contributed by atoms with Crippen molar-refractivity contribution in [3.63, 3.8) is 0 Å². The van der Waals surface area contributed by atoms with E-state index in [4.69, 9.17) is 4.74 Å². The molecule has 0 bridgehead atoms. The molecule has 0 amide bonds. The molecule has 1 aromatic carbocycles. The fourth-order valence-electron chi connectivity index (χ4n) is 4.38. The summed E-state index contributed by atoms with van der Waals surface area (Å²) < 4.78 is 5.58. The number of hydrogen-bond acceptors (Lipinski definition) is 4. The van der Waals surface area contributed by atoms with Crippen LogP contribution in [0.1, 0.15) is 48.8 Å². The minimum atomic E-state index is 0.471. The van der Waals surface area contributed by atoms with Gasteiger partial charge in [-0.1, -0.05) is 12.1 Å². The van der Waals surface area contributed by atoms with Crippen LogP contribution < -0.4 is 5.32 Å². The zero-order chi connectivity index (χ0) is 17.3. The summed E-state index contributed by atoms with van der Waals surface area (Å²) >= 11 is 0. The number of aromatic amines is 1. The molecule has 5 nitrogen and oxygen atoms in total. The van der Waals surface area contributed by atoms with Crippen LogP contribution in [0, 0.1) is 0 Å². The molecule has 0 spiro atoms. The maximum atomic E-state index is 5.58. The Balaban J connectivity index is 1.56. The lowest BCUT2D eigenvalue weighted by Crippen LogP contribution is -2.19. The second-order valence-corrected chi connectivity index (χ2v) is 7.41. The Morgan fingerprint density at radius 2 is 1.88 bits per heavy atom. The monoisotopic (exact) mass is 348 g/mol.